The van der Waals surface area contributed by atoms with Gasteiger partial charge in [0.05, 0.1) is 17.6 Å². The minimum atomic E-state index is -3.82. The van der Waals surface area contributed by atoms with Gasteiger partial charge in [0.2, 0.25) is 5.91 Å². The van der Waals surface area contributed by atoms with Gasteiger partial charge in [0.25, 0.3) is 5.91 Å². The molecule has 0 saturated carbocycles. The van der Waals surface area contributed by atoms with Crippen molar-refractivity contribution in [2.45, 2.75) is 37.0 Å². The first-order chi connectivity index (χ1) is 13.3. The smallest absolute Gasteiger partial charge is 0.251 e. The van der Waals surface area contributed by atoms with Crippen molar-refractivity contribution in [2.24, 2.45) is 5.73 Å². The molecule has 2 aromatic rings. The number of carbonyl (C=O) groups is 2. The molecule has 2 amide bonds. The minimum Gasteiger partial charge on any atom is -0.497 e. The molecule has 1 heterocycles. The summed E-state index contributed by atoms with van der Waals surface area (Å²) in [5, 5.41) is 2.93. The standard InChI is InChI=1S/C19H22N2O5S2/c1-26-12-7-9-13(10-8-12)28(24,25)11-16(22)21-19-17(18(20)23)14-5-3-2-4-6-15(14)27-19/h7-10H,2-6,11H2,1H3,(H2,20,23)(H,21,22). The maximum Gasteiger partial charge on any atom is 0.251 e. The molecule has 0 unspecified atom stereocenters. The zero-order chi connectivity index (χ0) is 20.3. The number of fused-ring (bicyclic) bond motifs is 1. The summed E-state index contributed by atoms with van der Waals surface area (Å²) < 4.78 is 30.0. The first kappa shape index (κ1) is 20.3. The Morgan fingerprint density at radius 1 is 1.14 bits per heavy atom. The Hall–Kier alpha value is -2.39. The molecule has 1 aromatic carbocycles. The van der Waals surface area contributed by atoms with Gasteiger partial charge in [-0.1, -0.05) is 6.42 Å². The Bertz CT molecular complexity index is 994. The van der Waals surface area contributed by atoms with Crippen LogP contribution in [0.25, 0.3) is 0 Å². The number of benzene rings is 1. The number of ether oxygens (including phenoxy) is 1. The van der Waals surface area contributed by atoms with Gasteiger partial charge < -0.3 is 15.8 Å². The molecular weight excluding hydrogens is 400 g/mol. The van der Waals surface area contributed by atoms with Crippen LogP contribution in [-0.4, -0.2) is 33.1 Å². The molecule has 1 aliphatic rings. The van der Waals surface area contributed by atoms with Crippen LogP contribution in [0.3, 0.4) is 0 Å². The number of aryl methyl sites for hydroxylation is 1. The largest absolute Gasteiger partial charge is 0.497 e. The lowest BCUT2D eigenvalue weighted by atomic mass is 10.1. The van der Waals surface area contributed by atoms with Crippen LogP contribution < -0.4 is 15.8 Å². The Morgan fingerprint density at radius 2 is 1.82 bits per heavy atom. The summed E-state index contributed by atoms with van der Waals surface area (Å²) in [7, 11) is -2.34. The fraction of sp³-hybridized carbons (Fsp3) is 0.368. The van der Waals surface area contributed by atoms with Crippen LogP contribution >= 0.6 is 11.3 Å². The number of thiophene rings is 1. The van der Waals surface area contributed by atoms with Crippen LogP contribution in [-0.2, 0) is 27.5 Å². The summed E-state index contributed by atoms with van der Waals surface area (Å²) in [5.74, 6) is -1.50. The third-order valence-electron chi connectivity index (χ3n) is 4.66. The molecule has 0 saturated heterocycles. The Morgan fingerprint density at radius 3 is 2.46 bits per heavy atom. The normalized spacial score (nSPS) is 14.0. The molecule has 3 rings (SSSR count). The van der Waals surface area contributed by atoms with E-state index in [0.29, 0.717) is 16.3 Å². The highest BCUT2D eigenvalue weighted by Crippen LogP contribution is 2.37. The summed E-state index contributed by atoms with van der Waals surface area (Å²) in [6.07, 6.45) is 4.64. The molecule has 7 nitrogen and oxygen atoms in total. The number of hydrogen-bond donors (Lipinski definition) is 2. The molecule has 0 aliphatic heterocycles. The second-order valence-corrected chi connectivity index (χ2v) is 9.71. The predicted molar refractivity (Wildman–Crippen MR) is 108 cm³/mol. The van der Waals surface area contributed by atoms with E-state index in [2.05, 4.69) is 5.32 Å². The number of nitrogens with one attached hydrogen (secondary N) is 1. The van der Waals surface area contributed by atoms with Gasteiger partial charge in [-0.15, -0.1) is 11.3 Å². The van der Waals surface area contributed by atoms with E-state index in [4.69, 9.17) is 10.5 Å². The molecule has 1 aromatic heterocycles. The molecule has 1 aliphatic carbocycles. The van der Waals surface area contributed by atoms with Crippen molar-refractivity contribution in [1.29, 1.82) is 0 Å². The monoisotopic (exact) mass is 422 g/mol. The van der Waals surface area contributed by atoms with Gasteiger partial charge >= 0.3 is 0 Å². The average molecular weight is 423 g/mol. The zero-order valence-electron chi connectivity index (χ0n) is 15.5. The average Bonchev–Trinajstić information content (AvgIpc) is 2.82. The number of hydrogen-bond acceptors (Lipinski definition) is 6. The van der Waals surface area contributed by atoms with Crippen LogP contribution in [0.5, 0.6) is 5.75 Å². The third-order valence-corrected chi connectivity index (χ3v) is 7.50. The third kappa shape index (κ3) is 4.36. The highest BCUT2D eigenvalue weighted by Gasteiger charge is 2.26. The molecule has 0 fully saturated rings. The lowest BCUT2D eigenvalue weighted by Gasteiger charge is -2.08. The number of rotatable bonds is 6. The lowest BCUT2D eigenvalue weighted by molar-refractivity contribution is -0.113. The van der Waals surface area contributed by atoms with E-state index in [-0.39, 0.29) is 4.90 Å². The summed E-state index contributed by atoms with van der Waals surface area (Å²) >= 11 is 1.31. The van der Waals surface area contributed by atoms with Crippen molar-refractivity contribution in [1.82, 2.24) is 0 Å². The zero-order valence-corrected chi connectivity index (χ0v) is 17.1. The van der Waals surface area contributed by atoms with Gasteiger partial charge in [-0.2, -0.15) is 0 Å². The van der Waals surface area contributed by atoms with E-state index < -0.39 is 27.4 Å². The molecule has 9 heteroatoms. The van der Waals surface area contributed by atoms with E-state index >= 15 is 0 Å². The van der Waals surface area contributed by atoms with Gasteiger partial charge in [0.1, 0.15) is 16.5 Å². The maximum atomic E-state index is 12.5. The van der Waals surface area contributed by atoms with Gasteiger partial charge in [0, 0.05) is 4.88 Å². The Kier molecular flexibility index (Phi) is 6.04. The first-order valence-corrected chi connectivity index (χ1v) is 11.4. The van der Waals surface area contributed by atoms with Gasteiger partial charge in [-0.05, 0) is 55.5 Å². The summed E-state index contributed by atoms with van der Waals surface area (Å²) in [6.45, 7) is 0. The predicted octanol–water partition coefficient (Wildman–Crippen LogP) is 2.54. The molecule has 3 N–H and O–H groups in total. The number of methoxy groups -OCH3 is 1. The topological polar surface area (TPSA) is 116 Å². The summed E-state index contributed by atoms with van der Waals surface area (Å²) in [6, 6.07) is 5.83. The van der Waals surface area contributed by atoms with Gasteiger partial charge in [-0.25, -0.2) is 8.42 Å². The van der Waals surface area contributed by atoms with Crippen molar-refractivity contribution in [2.75, 3.05) is 18.2 Å². The molecule has 0 spiro atoms. The van der Waals surface area contributed by atoms with Crippen molar-refractivity contribution in [3.05, 3.63) is 40.3 Å². The van der Waals surface area contributed by atoms with Crippen LogP contribution in [0.2, 0.25) is 0 Å². The van der Waals surface area contributed by atoms with E-state index in [1.54, 1.807) is 0 Å². The second-order valence-electron chi connectivity index (χ2n) is 6.62. The SMILES string of the molecule is COc1ccc(S(=O)(=O)CC(=O)Nc2sc3c(c2C(N)=O)CCCCC3)cc1. The molecule has 150 valence electrons. The number of amides is 2. The lowest BCUT2D eigenvalue weighted by Crippen LogP contribution is -2.24. The fourth-order valence-electron chi connectivity index (χ4n) is 3.29. The quantitative estimate of drug-likeness (QED) is 0.694. The number of carbonyl (C=O) groups excluding carboxylic acids is 2. The Labute approximate surface area is 167 Å². The molecule has 28 heavy (non-hydrogen) atoms. The summed E-state index contributed by atoms with van der Waals surface area (Å²) in [4.78, 5) is 25.5. The maximum absolute atomic E-state index is 12.5. The summed E-state index contributed by atoms with van der Waals surface area (Å²) in [5.41, 5.74) is 6.75. The minimum absolute atomic E-state index is 0.0283. The second kappa shape index (κ2) is 8.32. The van der Waals surface area contributed by atoms with Crippen molar-refractivity contribution < 1.29 is 22.7 Å². The number of sulfone groups is 1. The number of anilines is 1. The van der Waals surface area contributed by atoms with E-state index in [1.165, 1.54) is 42.7 Å². The number of primary amides is 1. The van der Waals surface area contributed by atoms with E-state index in [9.17, 15) is 18.0 Å². The van der Waals surface area contributed by atoms with Crippen molar-refractivity contribution in [3.63, 3.8) is 0 Å². The van der Waals surface area contributed by atoms with Crippen LogP contribution in [0.4, 0.5) is 5.00 Å². The van der Waals surface area contributed by atoms with E-state index in [0.717, 1.165) is 42.5 Å². The highest BCUT2D eigenvalue weighted by molar-refractivity contribution is 7.92. The fourth-order valence-corrected chi connectivity index (χ4v) is 5.74. The molecule has 0 atom stereocenters. The van der Waals surface area contributed by atoms with Crippen molar-refractivity contribution >= 4 is 38.0 Å². The van der Waals surface area contributed by atoms with Crippen molar-refractivity contribution in [3.8, 4) is 5.75 Å². The van der Waals surface area contributed by atoms with Gasteiger partial charge in [-0.3, -0.25) is 9.59 Å². The molecular formula is C19H22N2O5S2. The molecule has 0 bridgehead atoms. The number of nitrogens with two attached hydrogens (primary N) is 1. The first-order valence-electron chi connectivity index (χ1n) is 8.93. The van der Waals surface area contributed by atoms with Crippen LogP contribution in [0, 0.1) is 0 Å². The van der Waals surface area contributed by atoms with Gasteiger partial charge in [0.15, 0.2) is 9.84 Å². The van der Waals surface area contributed by atoms with E-state index in [1.807, 2.05) is 0 Å². The van der Waals surface area contributed by atoms with Crippen LogP contribution in [0.1, 0.15) is 40.1 Å². The highest BCUT2D eigenvalue weighted by atomic mass is 32.2. The Balaban J connectivity index is 1.80. The van der Waals surface area contributed by atoms with Crippen LogP contribution in [0.15, 0.2) is 29.2 Å². The molecule has 0 radical (unpaired) electrons.